The van der Waals surface area contributed by atoms with Gasteiger partial charge < -0.3 is 20.1 Å². The van der Waals surface area contributed by atoms with Crippen LogP contribution in [-0.4, -0.2) is 48.8 Å². The summed E-state index contributed by atoms with van der Waals surface area (Å²) in [7, 11) is 1.63. The molecule has 0 aliphatic carbocycles. The minimum absolute atomic E-state index is 0.130. The lowest BCUT2D eigenvalue weighted by Gasteiger charge is -2.32. The molecule has 1 fully saturated rings. The maximum absolute atomic E-state index is 12.3. The van der Waals surface area contributed by atoms with Gasteiger partial charge in [0.05, 0.1) is 13.0 Å². The van der Waals surface area contributed by atoms with Crippen LogP contribution in [0.2, 0.25) is 0 Å². The van der Waals surface area contributed by atoms with E-state index in [1.165, 1.54) is 0 Å². The highest BCUT2D eigenvalue weighted by atomic mass is 16.5. The van der Waals surface area contributed by atoms with Gasteiger partial charge in [-0.25, -0.2) is 4.79 Å². The van der Waals surface area contributed by atoms with Crippen molar-refractivity contribution < 1.29 is 19.4 Å². The quantitative estimate of drug-likeness (QED) is 0.867. The number of carbonyl (C=O) groups is 2. The first kappa shape index (κ1) is 18.1. The molecule has 1 aliphatic rings. The summed E-state index contributed by atoms with van der Waals surface area (Å²) >= 11 is 0. The number of rotatable bonds is 5. The number of benzene rings is 1. The molecule has 24 heavy (non-hydrogen) atoms. The van der Waals surface area contributed by atoms with Crippen LogP contribution >= 0.6 is 0 Å². The third-order valence-corrected chi connectivity index (χ3v) is 4.66. The largest absolute Gasteiger partial charge is 0.497 e. The van der Waals surface area contributed by atoms with Crippen LogP contribution in [0.3, 0.4) is 0 Å². The van der Waals surface area contributed by atoms with E-state index in [2.05, 4.69) is 19.2 Å². The van der Waals surface area contributed by atoms with Crippen molar-refractivity contribution >= 4 is 12.0 Å². The molecule has 2 amide bonds. The molecule has 2 N–H and O–H groups in total. The maximum Gasteiger partial charge on any atom is 0.317 e. The van der Waals surface area contributed by atoms with Crippen LogP contribution in [0.15, 0.2) is 24.3 Å². The third-order valence-electron chi connectivity index (χ3n) is 4.66. The molecule has 0 spiro atoms. The second-order valence-corrected chi connectivity index (χ2v) is 6.87. The Hall–Kier alpha value is -2.24. The highest BCUT2D eigenvalue weighted by molar-refractivity contribution is 5.75. The fourth-order valence-electron chi connectivity index (χ4n) is 2.88. The number of carbonyl (C=O) groups excluding carboxylic acids is 1. The zero-order valence-corrected chi connectivity index (χ0v) is 14.5. The van der Waals surface area contributed by atoms with Gasteiger partial charge in [0.2, 0.25) is 0 Å². The van der Waals surface area contributed by atoms with Crippen LogP contribution in [-0.2, 0) is 10.2 Å². The van der Waals surface area contributed by atoms with Crippen LogP contribution in [0.4, 0.5) is 4.79 Å². The first-order valence-corrected chi connectivity index (χ1v) is 8.23. The lowest BCUT2D eigenvalue weighted by molar-refractivity contribution is -0.143. The molecule has 0 unspecified atom stereocenters. The molecule has 2 rings (SSSR count). The molecule has 1 aliphatic heterocycles. The van der Waals surface area contributed by atoms with E-state index >= 15 is 0 Å². The number of nitrogens with one attached hydrogen (secondary N) is 1. The number of nitrogens with zero attached hydrogens (tertiary/aromatic N) is 1. The van der Waals surface area contributed by atoms with Crippen LogP contribution in [0, 0.1) is 5.92 Å². The molecule has 6 nitrogen and oxygen atoms in total. The van der Waals surface area contributed by atoms with Gasteiger partial charge in [-0.3, -0.25) is 4.79 Å². The van der Waals surface area contributed by atoms with Gasteiger partial charge in [-0.1, -0.05) is 26.0 Å². The molecule has 1 saturated heterocycles. The van der Waals surface area contributed by atoms with Crippen molar-refractivity contribution in [2.24, 2.45) is 5.92 Å². The van der Waals surface area contributed by atoms with Crippen molar-refractivity contribution in [2.75, 3.05) is 26.7 Å². The van der Waals surface area contributed by atoms with Crippen molar-refractivity contribution in [1.82, 2.24) is 10.2 Å². The van der Waals surface area contributed by atoms with Gasteiger partial charge in [0.25, 0.3) is 0 Å². The first-order chi connectivity index (χ1) is 11.3. The predicted molar refractivity (Wildman–Crippen MR) is 91.4 cm³/mol. The Bertz CT molecular complexity index is 592. The van der Waals surface area contributed by atoms with Crippen LogP contribution in [0.1, 0.15) is 32.3 Å². The van der Waals surface area contributed by atoms with Crippen molar-refractivity contribution in [3.05, 3.63) is 29.8 Å². The van der Waals surface area contributed by atoms with Gasteiger partial charge in [0.15, 0.2) is 0 Å². The van der Waals surface area contributed by atoms with E-state index in [1.54, 1.807) is 12.0 Å². The molecule has 1 aromatic rings. The Kier molecular flexibility index (Phi) is 5.70. The summed E-state index contributed by atoms with van der Waals surface area (Å²) < 4.78 is 5.26. The highest BCUT2D eigenvalue weighted by Gasteiger charge is 2.28. The van der Waals surface area contributed by atoms with Crippen molar-refractivity contribution in [1.29, 1.82) is 0 Å². The average molecular weight is 334 g/mol. The fraction of sp³-hybridized carbons (Fsp3) is 0.556. The standard InChI is InChI=1S/C18H26N2O4/c1-18(2,14-5-4-6-15(11-14)24-3)12-19-17(23)20-9-7-13(8-10-20)16(21)22/h4-6,11,13H,7-10,12H2,1-3H3,(H,19,23)(H,21,22). The zero-order valence-electron chi connectivity index (χ0n) is 14.5. The average Bonchev–Trinajstić information content (AvgIpc) is 2.60. The number of likely N-dealkylation sites (tertiary alicyclic amines) is 1. The van der Waals surface area contributed by atoms with Crippen molar-refractivity contribution in [2.45, 2.75) is 32.1 Å². The first-order valence-electron chi connectivity index (χ1n) is 8.23. The van der Waals surface area contributed by atoms with E-state index in [9.17, 15) is 9.59 Å². The maximum atomic E-state index is 12.3. The summed E-state index contributed by atoms with van der Waals surface area (Å²) in [5.41, 5.74) is 0.857. The molecule has 6 heteroatoms. The van der Waals surface area contributed by atoms with Crippen LogP contribution < -0.4 is 10.1 Å². The summed E-state index contributed by atoms with van der Waals surface area (Å²) in [5.74, 6) is -0.306. The molecular formula is C18H26N2O4. The van der Waals surface area contributed by atoms with E-state index in [4.69, 9.17) is 9.84 Å². The van der Waals surface area contributed by atoms with Crippen molar-refractivity contribution in [3.63, 3.8) is 0 Å². The number of amides is 2. The molecule has 0 atom stereocenters. The minimum Gasteiger partial charge on any atom is -0.497 e. The highest BCUT2D eigenvalue weighted by Crippen LogP contribution is 2.26. The van der Waals surface area contributed by atoms with Gasteiger partial charge >= 0.3 is 12.0 Å². The second kappa shape index (κ2) is 7.55. The number of ether oxygens (including phenoxy) is 1. The topological polar surface area (TPSA) is 78.9 Å². The van der Waals surface area contributed by atoms with E-state index in [0.29, 0.717) is 32.5 Å². The number of piperidine rings is 1. The van der Waals surface area contributed by atoms with E-state index in [1.807, 2.05) is 24.3 Å². The fourth-order valence-corrected chi connectivity index (χ4v) is 2.88. The van der Waals surface area contributed by atoms with E-state index in [0.717, 1.165) is 11.3 Å². The lowest BCUT2D eigenvalue weighted by Crippen LogP contribution is -2.48. The molecule has 0 saturated carbocycles. The molecule has 1 aromatic carbocycles. The summed E-state index contributed by atoms with van der Waals surface area (Å²) in [5, 5.41) is 12.0. The Labute approximate surface area is 142 Å². The molecule has 0 bridgehead atoms. The summed E-state index contributed by atoms with van der Waals surface area (Å²) in [6, 6.07) is 7.70. The third kappa shape index (κ3) is 4.40. The smallest absolute Gasteiger partial charge is 0.317 e. The molecular weight excluding hydrogens is 308 g/mol. The normalized spacial score (nSPS) is 15.9. The number of carboxylic acids is 1. The predicted octanol–water partition coefficient (Wildman–Crippen LogP) is 2.48. The molecule has 1 heterocycles. The van der Waals surface area contributed by atoms with Gasteiger partial charge in [-0.15, -0.1) is 0 Å². The van der Waals surface area contributed by atoms with Gasteiger partial charge in [0, 0.05) is 25.0 Å². The number of aliphatic carboxylic acids is 1. The number of methoxy groups -OCH3 is 1. The summed E-state index contributed by atoms with van der Waals surface area (Å²) in [6.45, 7) is 5.61. The van der Waals surface area contributed by atoms with E-state index < -0.39 is 5.97 Å². The molecule has 0 aromatic heterocycles. The molecule has 132 valence electrons. The van der Waals surface area contributed by atoms with Crippen LogP contribution in [0.5, 0.6) is 5.75 Å². The lowest BCUT2D eigenvalue weighted by atomic mass is 9.84. The number of hydrogen-bond donors (Lipinski definition) is 2. The number of hydrogen-bond acceptors (Lipinski definition) is 3. The minimum atomic E-state index is -0.769. The molecule has 0 radical (unpaired) electrons. The summed E-state index contributed by atoms with van der Waals surface area (Å²) in [4.78, 5) is 25.0. The van der Waals surface area contributed by atoms with Crippen LogP contribution in [0.25, 0.3) is 0 Å². The van der Waals surface area contributed by atoms with Gasteiger partial charge in [-0.05, 0) is 30.5 Å². The van der Waals surface area contributed by atoms with Gasteiger partial charge in [0.1, 0.15) is 5.75 Å². The Morgan fingerprint density at radius 2 is 2.00 bits per heavy atom. The Morgan fingerprint density at radius 3 is 2.58 bits per heavy atom. The van der Waals surface area contributed by atoms with Gasteiger partial charge in [-0.2, -0.15) is 0 Å². The SMILES string of the molecule is COc1cccc(C(C)(C)CNC(=O)N2CCC(C(=O)O)CC2)c1. The number of urea groups is 1. The monoisotopic (exact) mass is 334 g/mol. The van der Waals surface area contributed by atoms with Crippen molar-refractivity contribution in [3.8, 4) is 5.75 Å². The summed E-state index contributed by atoms with van der Waals surface area (Å²) in [6.07, 6.45) is 1.03. The Balaban J connectivity index is 1.89. The Morgan fingerprint density at radius 1 is 1.33 bits per heavy atom. The van der Waals surface area contributed by atoms with E-state index in [-0.39, 0.29) is 17.4 Å². The zero-order chi connectivity index (χ0) is 17.7. The number of carboxylic acid groups (broad SMARTS) is 1. The second-order valence-electron chi connectivity index (χ2n) is 6.87.